The predicted molar refractivity (Wildman–Crippen MR) is 77.8 cm³/mol. The van der Waals surface area contributed by atoms with Gasteiger partial charge in [0.15, 0.2) is 0 Å². The van der Waals surface area contributed by atoms with Crippen LogP contribution in [0.2, 0.25) is 5.02 Å². The lowest BCUT2D eigenvalue weighted by Crippen LogP contribution is -2.16. The molecule has 0 unspecified atom stereocenters. The van der Waals surface area contributed by atoms with E-state index in [2.05, 4.69) is 0 Å². The van der Waals surface area contributed by atoms with Crippen LogP contribution in [0.1, 0.15) is 19.4 Å². The normalized spacial score (nSPS) is 12.3. The fraction of sp³-hybridized carbons (Fsp3) is 0.462. The first kappa shape index (κ1) is 20.0. The molecule has 0 atom stereocenters. The summed E-state index contributed by atoms with van der Waals surface area (Å²) in [6, 6.07) is 2.64. The van der Waals surface area contributed by atoms with Gasteiger partial charge in [0.2, 0.25) is 0 Å². The molecule has 0 aliphatic carbocycles. The molecule has 0 N–H and O–H groups in total. The summed E-state index contributed by atoms with van der Waals surface area (Å²) in [5.74, 6) is -1.41. The molecule has 1 aromatic rings. The number of carbonyl (C=O) groups excluding carboxylic acids is 1. The highest BCUT2D eigenvalue weighted by Gasteiger charge is 2.34. The maximum absolute atomic E-state index is 12.7. The second-order valence-corrected chi connectivity index (χ2v) is 6.68. The molecule has 0 bridgehead atoms. The average molecular weight is 375 g/mol. The van der Waals surface area contributed by atoms with E-state index in [0.717, 1.165) is 12.1 Å². The van der Waals surface area contributed by atoms with Crippen molar-refractivity contribution < 1.29 is 36.3 Å². The van der Waals surface area contributed by atoms with Crippen LogP contribution >= 0.6 is 19.2 Å². The van der Waals surface area contributed by atoms with Gasteiger partial charge in [-0.2, -0.15) is 13.2 Å². The predicted octanol–water partition coefficient (Wildman–Crippen LogP) is 4.53. The summed E-state index contributed by atoms with van der Waals surface area (Å²) in [6.45, 7) is 3.21. The fourth-order valence-corrected chi connectivity index (χ4v) is 3.28. The van der Waals surface area contributed by atoms with Gasteiger partial charge in [0, 0.05) is 0 Å². The molecule has 0 amide bonds. The van der Waals surface area contributed by atoms with Gasteiger partial charge in [-0.15, -0.1) is 0 Å². The van der Waals surface area contributed by atoms with Gasteiger partial charge in [-0.3, -0.25) is 9.36 Å². The zero-order valence-electron chi connectivity index (χ0n) is 12.4. The molecular weight excluding hydrogens is 360 g/mol. The first-order chi connectivity index (χ1) is 10.6. The van der Waals surface area contributed by atoms with E-state index < -0.39 is 36.5 Å². The highest BCUT2D eigenvalue weighted by molar-refractivity contribution is 7.54. The van der Waals surface area contributed by atoms with Gasteiger partial charge >= 0.3 is 19.7 Å². The Balaban J connectivity index is 2.87. The van der Waals surface area contributed by atoms with Crippen LogP contribution in [0.4, 0.5) is 13.2 Å². The smallest absolute Gasteiger partial charge is 0.417 e. The Hall–Kier alpha value is -1.08. The first-order valence-corrected chi connectivity index (χ1v) is 8.67. The average Bonchev–Trinajstić information content (AvgIpc) is 2.39. The molecule has 0 aliphatic rings. The zero-order chi connectivity index (χ0) is 17.7. The molecule has 0 heterocycles. The van der Waals surface area contributed by atoms with Crippen LogP contribution in [0, 0.1) is 0 Å². The molecule has 5 nitrogen and oxygen atoms in total. The Kier molecular flexibility index (Phi) is 7.07. The maximum atomic E-state index is 12.7. The molecule has 0 spiro atoms. The highest BCUT2D eigenvalue weighted by Crippen LogP contribution is 2.48. The number of halogens is 4. The minimum absolute atomic E-state index is 0.0454. The number of rotatable bonds is 7. The van der Waals surface area contributed by atoms with E-state index in [0.29, 0.717) is 6.07 Å². The van der Waals surface area contributed by atoms with Crippen LogP contribution < -0.4 is 4.74 Å². The number of hydrogen-bond acceptors (Lipinski definition) is 5. The molecular formula is C13H15ClF3O5P. The van der Waals surface area contributed by atoms with Gasteiger partial charge in [-0.25, -0.2) is 0 Å². The topological polar surface area (TPSA) is 61.8 Å². The quantitative estimate of drug-likeness (QED) is 0.398. The van der Waals surface area contributed by atoms with E-state index >= 15 is 0 Å². The molecule has 0 fully saturated rings. The van der Waals surface area contributed by atoms with Crippen molar-refractivity contribution in [3.05, 3.63) is 28.8 Å². The summed E-state index contributed by atoms with van der Waals surface area (Å²) >= 11 is 5.46. The molecule has 0 saturated heterocycles. The Labute approximate surface area is 136 Å². The summed E-state index contributed by atoms with van der Waals surface area (Å²) in [6.07, 6.45) is -5.40. The number of benzene rings is 1. The van der Waals surface area contributed by atoms with E-state index in [1.54, 1.807) is 13.8 Å². The van der Waals surface area contributed by atoms with Gasteiger partial charge in [-0.05, 0) is 32.0 Å². The lowest BCUT2D eigenvalue weighted by atomic mass is 10.2. The van der Waals surface area contributed by atoms with Crippen LogP contribution in [-0.2, 0) is 24.6 Å². The highest BCUT2D eigenvalue weighted by atomic mass is 35.5. The Bertz CT molecular complexity index is 596. The summed E-state index contributed by atoms with van der Waals surface area (Å²) in [7, 11) is -3.69. The molecule has 0 saturated carbocycles. The third-order valence-electron chi connectivity index (χ3n) is 2.45. The Morgan fingerprint density at radius 2 is 1.78 bits per heavy atom. The summed E-state index contributed by atoms with van der Waals surface area (Å²) < 4.78 is 64.9. The number of esters is 1. The van der Waals surface area contributed by atoms with Crippen molar-refractivity contribution in [2.24, 2.45) is 0 Å². The third kappa shape index (κ3) is 6.14. The zero-order valence-corrected chi connectivity index (χ0v) is 14.0. The van der Waals surface area contributed by atoms with Crippen LogP contribution in [0.25, 0.3) is 0 Å². The van der Waals surface area contributed by atoms with Gasteiger partial charge < -0.3 is 13.8 Å². The number of hydrogen-bond donors (Lipinski definition) is 0. The third-order valence-corrected chi connectivity index (χ3v) is 4.73. The first-order valence-electron chi connectivity index (χ1n) is 6.57. The van der Waals surface area contributed by atoms with E-state index in [1.165, 1.54) is 0 Å². The minimum Gasteiger partial charge on any atom is -0.426 e. The van der Waals surface area contributed by atoms with Crippen molar-refractivity contribution in [2.45, 2.75) is 20.0 Å². The Morgan fingerprint density at radius 3 is 2.26 bits per heavy atom. The molecule has 0 aromatic heterocycles. The van der Waals surface area contributed by atoms with Gasteiger partial charge in [0.1, 0.15) is 11.9 Å². The molecule has 10 heteroatoms. The van der Waals surface area contributed by atoms with Crippen LogP contribution in [0.3, 0.4) is 0 Å². The van der Waals surface area contributed by atoms with Crippen LogP contribution in [0.15, 0.2) is 18.2 Å². The molecule has 0 radical (unpaired) electrons. The number of alkyl halides is 3. The van der Waals surface area contributed by atoms with Crippen molar-refractivity contribution in [3.63, 3.8) is 0 Å². The molecule has 1 aromatic carbocycles. The van der Waals surface area contributed by atoms with E-state index in [9.17, 15) is 22.5 Å². The van der Waals surface area contributed by atoms with E-state index in [-0.39, 0.29) is 19.0 Å². The second kappa shape index (κ2) is 8.15. The van der Waals surface area contributed by atoms with Crippen molar-refractivity contribution in [2.75, 3.05) is 19.4 Å². The molecule has 0 aliphatic heterocycles. The fourth-order valence-electron chi connectivity index (χ4n) is 1.63. The minimum atomic E-state index is -4.69. The van der Waals surface area contributed by atoms with Crippen molar-refractivity contribution in [3.8, 4) is 5.75 Å². The van der Waals surface area contributed by atoms with E-state index in [1.807, 2.05) is 0 Å². The summed E-state index contributed by atoms with van der Waals surface area (Å²) in [5, 5.41) is -0.522. The maximum Gasteiger partial charge on any atom is 0.417 e. The monoisotopic (exact) mass is 374 g/mol. The summed E-state index contributed by atoms with van der Waals surface area (Å²) in [4.78, 5) is 11.8. The van der Waals surface area contributed by atoms with Crippen LogP contribution in [-0.4, -0.2) is 25.3 Å². The van der Waals surface area contributed by atoms with Crippen LogP contribution in [0.5, 0.6) is 5.75 Å². The molecule has 23 heavy (non-hydrogen) atoms. The van der Waals surface area contributed by atoms with Gasteiger partial charge in [0.25, 0.3) is 0 Å². The van der Waals surface area contributed by atoms with E-state index in [4.69, 9.17) is 25.4 Å². The van der Waals surface area contributed by atoms with Crippen molar-refractivity contribution in [1.82, 2.24) is 0 Å². The number of ether oxygens (including phenoxy) is 1. The van der Waals surface area contributed by atoms with Crippen molar-refractivity contribution >= 4 is 25.2 Å². The Morgan fingerprint density at radius 1 is 1.22 bits per heavy atom. The number of carbonyl (C=O) groups is 1. The van der Waals surface area contributed by atoms with Crippen molar-refractivity contribution in [1.29, 1.82) is 0 Å². The standard InChI is InChI=1S/C13H15ClF3O5P/c1-3-20-23(19,21-4-2)8-12(18)22-9-5-6-11(14)10(7-9)13(15,16)17/h5-7H,3-4,8H2,1-2H3. The molecule has 130 valence electrons. The molecule has 1 rings (SSSR count). The lowest BCUT2D eigenvalue weighted by Gasteiger charge is -2.16. The SMILES string of the molecule is CCOP(=O)(CC(=O)Oc1ccc(Cl)c(C(F)(F)F)c1)OCC. The van der Waals surface area contributed by atoms with Gasteiger partial charge in [-0.1, -0.05) is 11.6 Å². The second-order valence-electron chi connectivity index (χ2n) is 4.22. The summed E-state index contributed by atoms with van der Waals surface area (Å²) in [5.41, 5.74) is -1.14. The van der Waals surface area contributed by atoms with Gasteiger partial charge in [0.05, 0.1) is 23.8 Å². The lowest BCUT2D eigenvalue weighted by molar-refractivity contribution is -0.138. The largest absolute Gasteiger partial charge is 0.426 e.